The van der Waals surface area contributed by atoms with E-state index in [4.69, 9.17) is 35.0 Å². The van der Waals surface area contributed by atoms with Gasteiger partial charge in [0.15, 0.2) is 0 Å². The van der Waals surface area contributed by atoms with Crippen LogP contribution in [0.1, 0.15) is 93.2 Å². The van der Waals surface area contributed by atoms with Crippen molar-refractivity contribution < 1.29 is 32.5 Å². The number of benzene rings is 2. The summed E-state index contributed by atoms with van der Waals surface area (Å²) in [4.78, 5) is 25.0. The van der Waals surface area contributed by atoms with Crippen molar-refractivity contribution in [3.63, 3.8) is 0 Å². The second kappa shape index (κ2) is 11.7. The second-order valence-electron chi connectivity index (χ2n) is 14.7. The maximum atomic E-state index is 15.8. The molecule has 1 atom stereocenters. The number of esters is 1. The van der Waals surface area contributed by atoms with Crippen LogP contribution in [0.15, 0.2) is 41.3 Å². The predicted molar refractivity (Wildman–Crippen MR) is 177 cm³/mol. The Morgan fingerprint density at radius 2 is 1.61 bits per heavy atom. The van der Waals surface area contributed by atoms with E-state index in [1.807, 2.05) is 68.4 Å². The number of aromatic nitrogens is 2. The molecule has 1 aromatic heterocycles. The lowest BCUT2D eigenvalue weighted by Gasteiger charge is -2.39. The summed E-state index contributed by atoms with van der Waals surface area (Å²) in [6.45, 7) is 19.2. The van der Waals surface area contributed by atoms with Crippen molar-refractivity contribution in [1.29, 1.82) is 0 Å². The van der Waals surface area contributed by atoms with E-state index in [0.29, 0.717) is 34.5 Å². The average Bonchev–Trinajstić information content (AvgIpc) is 3.32. The fourth-order valence-electron chi connectivity index (χ4n) is 5.86. The number of rotatable bonds is 8. The van der Waals surface area contributed by atoms with Crippen LogP contribution in [0.5, 0.6) is 0 Å². The lowest BCUT2D eigenvalue weighted by atomic mass is 9.49. The zero-order valence-corrected chi connectivity index (χ0v) is 29.0. The van der Waals surface area contributed by atoms with Crippen molar-refractivity contribution in [3.05, 3.63) is 68.8 Å². The first-order chi connectivity index (χ1) is 21.2. The molecule has 3 heterocycles. The molecule has 2 fully saturated rings. The van der Waals surface area contributed by atoms with Gasteiger partial charge in [-0.2, -0.15) is 9.78 Å². The Morgan fingerprint density at radius 1 is 1.00 bits per heavy atom. The van der Waals surface area contributed by atoms with E-state index in [9.17, 15) is 9.59 Å². The molecule has 2 aliphatic heterocycles. The maximum Gasteiger partial charge on any atom is 0.488 e. The van der Waals surface area contributed by atoms with Gasteiger partial charge in [0, 0.05) is 22.9 Å². The average molecular weight is 655 g/mol. The molecule has 2 aliphatic rings. The lowest BCUT2D eigenvalue weighted by molar-refractivity contribution is -0.142. The second-order valence-corrected chi connectivity index (χ2v) is 15.1. The first-order valence-corrected chi connectivity index (χ1v) is 15.9. The number of fused-ring (bicyclic) bond motifs is 1. The molecule has 0 aliphatic carbocycles. The molecule has 1 unspecified atom stereocenters. The zero-order chi connectivity index (χ0) is 34.0. The normalized spacial score (nSPS) is 22.1. The number of ether oxygens (including phenoxy) is 1. The SMILES string of the molecule is CC(=O)OCc1c(Cl)cccc1-n1ncc2cc(C(C)(C)CCC3(C)OB(B4OC(C)(C)C(C)(C)O4)OC3(C)C)cc(F)c2c1=O. The van der Waals surface area contributed by atoms with Gasteiger partial charge < -0.3 is 23.4 Å². The van der Waals surface area contributed by atoms with Crippen LogP contribution in [0.3, 0.4) is 0 Å². The van der Waals surface area contributed by atoms with Crippen LogP contribution in [0.4, 0.5) is 4.39 Å². The summed E-state index contributed by atoms with van der Waals surface area (Å²) >= 11 is 6.37. The molecule has 46 heavy (non-hydrogen) atoms. The molecule has 246 valence electrons. The van der Waals surface area contributed by atoms with Crippen molar-refractivity contribution in [2.75, 3.05) is 0 Å². The highest BCUT2D eigenvalue weighted by atomic mass is 35.5. The van der Waals surface area contributed by atoms with E-state index in [2.05, 4.69) is 5.10 Å². The zero-order valence-electron chi connectivity index (χ0n) is 28.2. The van der Waals surface area contributed by atoms with Gasteiger partial charge in [-0.15, -0.1) is 0 Å². The van der Waals surface area contributed by atoms with Gasteiger partial charge in [0.2, 0.25) is 0 Å². The van der Waals surface area contributed by atoms with Gasteiger partial charge in [-0.05, 0) is 96.6 Å². The van der Waals surface area contributed by atoms with Crippen LogP contribution in [0.2, 0.25) is 5.02 Å². The highest BCUT2D eigenvalue weighted by Crippen LogP contribution is 2.46. The monoisotopic (exact) mass is 654 g/mol. The molecule has 0 saturated carbocycles. The third-order valence-electron chi connectivity index (χ3n) is 10.1. The minimum Gasteiger partial charge on any atom is -0.461 e. The largest absolute Gasteiger partial charge is 0.488 e. The minimum atomic E-state index is -0.704. The molecule has 9 nitrogen and oxygen atoms in total. The van der Waals surface area contributed by atoms with E-state index in [0.717, 1.165) is 10.2 Å². The van der Waals surface area contributed by atoms with Crippen molar-refractivity contribution in [3.8, 4) is 5.69 Å². The smallest absolute Gasteiger partial charge is 0.461 e. The summed E-state index contributed by atoms with van der Waals surface area (Å²) in [7, 11) is -1.38. The number of halogens is 2. The van der Waals surface area contributed by atoms with Crippen LogP contribution >= 0.6 is 11.6 Å². The van der Waals surface area contributed by atoms with E-state index in [1.54, 1.807) is 18.2 Å². The van der Waals surface area contributed by atoms with Crippen molar-refractivity contribution >= 4 is 42.4 Å². The highest BCUT2D eigenvalue weighted by Gasteiger charge is 2.64. The fraction of sp³-hybridized carbons (Fsp3) is 0.545. The number of hydrogen-bond acceptors (Lipinski definition) is 8. The molecule has 3 aromatic rings. The van der Waals surface area contributed by atoms with Gasteiger partial charge >= 0.3 is 20.0 Å². The molecule has 13 heteroatoms. The summed E-state index contributed by atoms with van der Waals surface area (Å²) in [5.41, 5.74) is -2.12. The Labute approximate surface area is 275 Å². The molecule has 0 spiro atoms. The number of carbonyl (C=O) groups is 1. The Bertz CT molecular complexity index is 1730. The van der Waals surface area contributed by atoms with Crippen molar-refractivity contribution in [2.24, 2.45) is 0 Å². The minimum absolute atomic E-state index is 0.0983. The lowest BCUT2D eigenvalue weighted by Crippen LogP contribution is -2.45. The number of carbonyl (C=O) groups excluding carboxylic acids is 1. The van der Waals surface area contributed by atoms with E-state index in [-0.39, 0.29) is 12.0 Å². The fourth-order valence-corrected chi connectivity index (χ4v) is 6.09. The highest BCUT2D eigenvalue weighted by molar-refractivity contribution is 7.11. The summed E-state index contributed by atoms with van der Waals surface area (Å²) in [6, 6.07) is 8.11. The Kier molecular flexibility index (Phi) is 8.82. The molecule has 5 rings (SSSR count). The number of hydrogen-bond donors (Lipinski definition) is 0. The van der Waals surface area contributed by atoms with Gasteiger partial charge in [-0.3, -0.25) is 9.59 Å². The third-order valence-corrected chi connectivity index (χ3v) is 10.5. The van der Waals surface area contributed by atoms with Crippen molar-refractivity contribution in [2.45, 2.75) is 117 Å². The Balaban J connectivity index is 1.39. The van der Waals surface area contributed by atoms with E-state index in [1.165, 1.54) is 19.2 Å². The van der Waals surface area contributed by atoms with Gasteiger partial charge in [-0.25, -0.2) is 4.39 Å². The third kappa shape index (κ3) is 6.15. The first-order valence-electron chi connectivity index (χ1n) is 15.5. The summed E-state index contributed by atoms with van der Waals surface area (Å²) < 4.78 is 47.4. The molecular weight excluding hydrogens is 612 g/mol. The molecule has 2 saturated heterocycles. The topological polar surface area (TPSA) is 98.1 Å². The van der Waals surface area contributed by atoms with Gasteiger partial charge in [0.1, 0.15) is 12.4 Å². The number of nitrogens with zero attached hydrogens (tertiary/aromatic N) is 2. The molecule has 0 radical (unpaired) electrons. The maximum absolute atomic E-state index is 15.8. The molecule has 0 N–H and O–H groups in total. The first kappa shape index (κ1) is 34.6. The summed E-state index contributed by atoms with van der Waals surface area (Å²) in [5.74, 6) is -1.15. The molecule has 2 aromatic carbocycles. The van der Waals surface area contributed by atoms with Crippen LogP contribution in [0, 0.1) is 5.82 Å². The standard InChI is InChI=1S/C33H42B2ClFN2O7/c1-20(40)42-19-23-24(36)12-11-13-26(23)39-28(41)27-21(18-38-39)16-22(17-25(27)37)29(2,3)14-15-33(10)32(8,9)45-35(46-33)34-43-30(4,5)31(6,7)44-34/h11-13,16-18H,14-15,19H2,1-10H3. The van der Waals surface area contributed by atoms with Crippen LogP contribution in [-0.2, 0) is 40.2 Å². The summed E-state index contributed by atoms with van der Waals surface area (Å²) in [5, 5.41) is 4.92. The van der Waals surface area contributed by atoms with E-state index >= 15 is 4.39 Å². The molecule has 0 amide bonds. The Morgan fingerprint density at radius 3 is 2.24 bits per heavy atom. The molecular formula is C33H42B2ClFN2O7. The van der Waals surface area contributed by atoms with E-state index < -0.39 is 59.2 Å². The quantitative estimate of drug-likeness (QED) is 0.200. The van der Waals surface area contributed by atoms with Crippen LogP contribution in [-0.4, -0.2) is 52.2 Å². The van der Waals surface area contributed by atoms with Crippen LogP contribution < -0.4 is 5.56 Å². The van der Waals surface area contributed by atoms with Crippen molar-refractivity contribution in [1.82, 2.24) is 9.78 Å². The predicted octanol–water partition coefficient (Wildman–Crippen LogP) is 6.54. The molecule has 0 bridgehead atoms. The summed E-state index contributed by atoms with van der Waals surface area (Å²) in [6.07, 6.45) is 2.69. The van der Waals surface area contributed by atoms with Gasteiger partial charge in [0.05, 0.1) is 39.7 Å². The van der Waals surface area contributed by atoms with Gasteiger partial charge in [-0.1, -0.05) is 31.5 Å². The Hall–Kier alpha value is -2.76. The van der Waals surface area contributed by atoms with Gasteiger partial charge in [0.25, 0.3) is 5.56 Å². The van der Waals surface area contributed by atoms with Crippen LogP contribution in [0.25, 0.3) is 16.5 Å².